The summed E-state index contributed by atoms with van der Waals surface area (Å²) in [7, 11) is 0. The van der Waals surface area contributed by atoms with Crippen molar-refractivity contribution in [1.82, 2.24) is 20.9 Å². The minimum absolute atomic E-state index is 0.0129. The van der Waals surface area contributed by atoms with Gasteiger partial charge < -0.3 is 49.0 Å². The van der Waals surface area contributed by atoms with Crippen molar-refractivity contribution in [2.45, 2.75) is 62.7 Å². The molecule has 0 radical (unpaired) electrons. The number of aromatic nitrogens is 1. The zero-order valence-corrected chi connectivity index (χ0v) is 25.3. The topological polar surface area (TPSA) is 274 Å². The smallest absolute Gasteiger partial charge is 0.326 e. The molecule has 0 fully saturated rings. The summed E-state index contributed by atoms with van der Waals surface area (Å²) in [6, 6.07) is 11.4. The highest BCUT2D eigenvalue weighted by Crippen LogP contribution is 2.19. The number of carbonyl (C=O) groups excluding carboxylic acids is 4. The van der Waals surface area contributed by atoms with Gasteiger partial charge in [0.2, 0.25) is 23.6 Å². The van der Waals surface area contributed by atoms with Gasteiger partial charge in [0, 0.05) is 42.9 Å². The monoisotopic (exact) mass is 635 g/mol. The number of nitrogens with two attached hydrogens (primary N) is 4. The zero-order valence-electron chi connectivity index (χ0n) is 25.3. The van der Waals surface area contributed by atoms with Gasteiger partial charge in [-0.1, -0.05) is 48.5 Å². The number of aromatic amines is 1. The molecule has 0 spiro atoms. The lowest BCUT2D eigenvalue weighted by atomic mass is 10.0. The maximum atomic E-state index is 13.8. The van der Waals surface area contributed by atoms with E-state index in [9.17, 15) is 29.1 Å². The van der Waals surface area contributed by atoms with Crippen molar-refractivity contribution in [3.05, 3.63) is 71.9 Å². The molecule has 0 aliphatic carbocycles. The quantitative estimate of drug-likeness (QED) is 0.0477. The van der Waals surface area contributed by atoms with E-state index in [0.717, 1.165) is 10.9 Å². The molecule has 15 heteroatoms. The Bertz CT molecular complexity index is 1540. The molecule has 0 saturated heterocycles. The minimum Gasteiger partial charge on any atom is -0.480 e. The van der Waals surface area contributed by atoms with Gasteiger partial charge in [0.25, 0.3) is 0 Å². The molecule has 4 unspecified atom stereocenters. The van der Waals surface area contributed by atoms with Crippen LogP contribution in [0.5, 0.6) is 0 Å². The number of carboxylic acid groups (broad SMARTS) is 1. The predicted molar refractivity (Wildman–Crippen MR) is 172 cm³/mol. The molecule has 4 amide bonds. The van der Waals surface area contributed by atoms with E-state index < -0.39 is 53.8 Å². The Morgan fingerprint density at radius 3 is 2.09 bits per heavy atom. The average molecular weight is 636 g/mol. The van der Waals surface area contributed by atoms with E-state index in [1.54, 1.807) is 36.5 Å². The highest BCUT2D eigenvalue weighted by Gasteiger charge is 2.31. The number of aliphatic imine (C=N–C) groups is 1. The summed E-state index contributed by atoms with van der Waals surface area (Å²) in [6.45, 7) is 0.151. The number of aliphatic carboxylic acids is 1. The van der Waals surface area contributed by atoms with Crippen LogP contribution in [0.15, 0.2) is 65.8 Å². The van der Waals surface area contributed by atoms with Crippen LogP contribution in [0, 0.1) is 0 Å². The molecular weight excluding hydrogens is 594 g/mol. The molecule has 3 rings (SSSR count). The van der Waals surface area contributed by atoms with Gasteiger partial charge in [-0.25, -0.2) is 4.79 Å². The summed E-state index contributed by atoms with van der Waals surface area (Å²) < 4.78 is 0. The van der Waals surface area contributed by atoms with Gasteiger partial charge >= 0.3 is 5.97 Å². The molecule has 0 saturated carbocycles. The molecule has 46 heavy (non-hydrogen) atoms. The van der Waals surface area contributed by atoms with Crippen LogP contribution in [0.3, 0.4) is 0 Å². The second kappa shape index (κ2) is 17.2. The SMILES string of the molecule is NC(=O)CCC(N)C(=O)NC(Cc1c[nH]c2ccccc12)C(=O)NC(CCCN=C(N)N)C(=O)NC(Cc1ccccc1)C(=O)O. The molecule has 13 N–H and O–H groups in total. The molecule has 0 aliphatic rings. The second-order valence-electron chi connectivity index (χ2n) is 10.8. The van der Waals surface area contributed by atoms with Crippen molar-refractivity contribution in [3.8, 4) is 0 Å². The van der Waals surface area contributed by atoms with Crippen LogP contribution in [0.25, 0.3) is 10.9 Å². The van der Waals surface area contributed by atoms with Crippen LogP contribution in [-0.2, 0) is 36.8 Å². The first-order valence-corrected chi connectivity index (χ1v) is 14.8. The number of hydrogen-bond acceptors (Lipinski definition) is 7. The number of amides is 4. The number of carboxylic acids is 1. The number of benzene rings is 2. The Hall–Kier alpha value is -5.44. The lowest BCUT2D eigenvalue weighted by Crippen LogP contribution is -2.57. The third-order valence-corrected chi connectivity index (χ3v) is 7.25. The largest absolute Gasteiger partial charge is 0.480 e. The number of para-hydroxylation sites is 1. The number of rotatable bonds is 18. The number of primary amides is 1. The first-order chi connectivity index (χ1) is 21.9. The summed E-state index contributed by atoms with van der Waals surface area (Å²) in [5.74, 6) is -4.17. The lowest BCUT2D eigenvalue weighted by molar-refractivity contribution is -0.142. The van der Waals surface area contributed by atoms with Crippen LogP contribution in [0.2, 0.25) is 0 Å². The van der Waals surface area contributed by atoms with E-state index >= 15 is 0 Å². The van der Waals surface area contributed by atoms with Crippen molar-refractivity contribution in [2.75, 3.05) is 6.54 Å². The molecule has 0 aliphatic heterocycles. The van der Waals surface area contributed by atoms with Crippen molar-refractivity contribution < 1.29 is 29.1 Å². The molecule has 0 bridgehead atoms. The molecule has 4 atom stereocenters. The van der Waals surface area contributed by atoms with E-state index in [1.165, 1.54) is 0 Å². The molecular formula is C31H41N9O6. The number of fused-ring (bicyclic) bond motifs is 1. The van der Waals surface area contributed by atoms with Gasteiger partial charge in [-0.05, 0) is 36.5 Å². The fourth-order valence-electron chi connectivity index (χ4n) is 4.80. The van der Waals surface area contributed by atoms with E-state index in [2.05, 4.69) is 25.9 Å². The molecule has 3 aromatic rings. The Morgan fingerprint density at radius 1 is 0.783 bits per heavy atom. The van der Waals surface area contributed by atoms with Gasteiger partial charge in [0.15, 0.2) is 5.96 Å². The Labute approximate surface area is 265 Å². The standard InChI is InChI=1S/C31H41N9O6/c32-21(12-13-26(33)41)27(42)39-24(16-19-17-37-22-10-5-4-9-20(19)22)29(44)38-23(11-6-14-36-31(34)35)28(43)40-25(30(45)46)15-18-7-2-1-3-8-18/h1-5,7-10,17,21,23-25,37H,6,11-16,32H2,(H2,33,41)(H,38,44)(H,39,42)(H,40,43)(H,45,46)(H4,34,35,36). The van der Waals surface area contributed by atoms with Gasteiger partial charge in [-0.15, -0.1) is 0 Å². The number of nitrogens with zero attached hydrogens (tertiary/aromatic N) is 1. The van der Waals surface area contributed by atoms with Crippen LogP contribution < -0.4 is 38.9 Å². The van der Waals surface area contributed by atoms with Crippen LogP contribution in [-0.4, -0.2) is 76.4 Å². The van der Waals surface area contributed by atoms with Crippen LogP contribution >= 0.6 is 0 Å². The van der Waals surface area contributed by atoms with Gasteiger partial charge in [-0.2, -0.15) is 0 Å². The maximum absolute atomic E-state index is 13.8. The Balaban J connectivity index is 1.84. The summed E-state index contributed by atoms with van der Waals surface area (Å²) in [6.07, 6.45) is 1.92. The summed E-state index contributed by atoms with van der Waals surface area (Å²) in [5, 5.41) is 18.5. The first kappa shape index (κ1) is 35.0. The van der Waals surface area contributed by atoms with E-state index in [1.807, 2.05) is 24.3 Å². The fraction of sp³-hybridized carbons (Fsp3) is 0.355. The maximum Gasteiger partial charge on any atom is 0.326 e. The number of nitrogens with one attached hydrogen (secondary N) is 4. The Kier molecular flexibility index (Phi) is 13.1. The molecule has 246 valence electrons. The summed E-state index contributed by atoms with van der Waals surface area (Å²) in [4.78, 5) is 70.5. The van der Waals surface area contributed by atoms with Crippen molar-refractivity contribution >= 4 is 46.5 Å². The number of H-pyrrole nitrogens is 1. The third kappa shape index (κ3) is 10.9. The van der Waals surface area contributed by atoms with Gasteiger partial charge in [-0.3, -0.25) is 24.2 Å². The first-order valence-electron chi connectivity index (χ1n) is 14.8. The number of guanidine groups is 1. The molecule has 1 heterocycles. The van der Waals surface area contributed by atoms with Crippen LogP contribution in [0.1, 0.15) is 36.8 Å². The van der Waals surface area contributed by atoms with Gasteiger partial charge in [0.1, 0.15) is 18.1 Å². The Morgan fingerprint density at radius 2 is 1.41 bits per heavy atom. The summed E-state index contributed by atoms with van der Waals surface area (Å²) >= 11 is 0. The molecule has 2 aromatic carbocycles. The molecule has 15 nitrogen and oxygen atoms in total. The van der Waals surface area contributed by atoms with Crippen molar-refractivity contribution in [3.63, 3.8) is 0 Å². The van der Waals surface area contributed by atoms with Crippen LogP contribution in [0.4, 0.5) is 0 Å². The van der Waals surface area contributed by atoms with E-state index in [-0.39, 0.29) is 51.0 Å². The highest BCUT2D eigenvalue weighted by molar-refractivity contribution is 5.95. The zero-order chi connectivity index (χ0) is 33.6. The number of carbonyl (C=O) groups is 5. The van der Waals surface area contributed by atoms with E-state index in [4.69, 9.17) is 22.9 Å². The summed E-state index contributed by atoms with van der Waals surface area (Å²) in [5.41, 5.74) is 24.2. The van der Waals surface area contributed by atoms with Gasteiger partial charge in [0.05, 0.1) is 6.04 Å². The fourth-order valence-corrected chi connectivity index (χ4v) is 4.80. The minimum atomic E-state index is -1.28. The average Bonchev–Trinajstić information content (AvgIpc) is 3.43. The van der Waals surface area contributed by atoms with E-state index in [0.29, 0.717) is 11.1 Å². The third-order valence-electron chi connectivity index (χ3n) is 7.25. The molecule has 1 aromatic heterocycles. The highest BCUT2D eigenvalue weighted by atomic mass is 16.4. The lowest BCUT2D eigenvalue weighted by Gasteiger charge is -2.25. The second-order valence-corrected chi connectivity index (χ2v) is 10.8. The van der Waals surface area contributed by atoms with Crippen molar-refractivity contribution in [1.29, 1.82) is 0 Å². The number of hydrogen-bond donors (Lipinski definition) is 9. The normalized spacial score (nSPS) is 13.5. The predicted octanol–water partition coefficient (Wildman–Crippen LogP) is -0.861. The van der Waals surface area contributed by atoms with Crippen molar-refractivity contribution in [2.24, 2.45) is 27.9 Å².